The Bertz CT molecular complexity index is 703. The fourth-order valence-electron chi connectivity index (χ4n) is 2.80. The number of carbonyl (C=O) groups is 1. The maximum Gasteiger partial charge on any atom is 0.253 e. The number of benzene rings is 1. The molecule has 0 aliphatic rings. The number of aromatic nitrogens is 1. The number of amides is 1. The molecule has 1 heterocycles. The monoisotopic (exact) mass is 327 g/mol. The Morgan fingerprint density at radius 3 is 2.42 bits per heavy atom. The molecule has 4 nitrogen and oxygen atoms in total. The molecular formula is C20H29N3O. The number of nitrogens with two attached hydrogens (primary N) is 1. The van der Waals surface area contributed by atoms with Crippen LogP contribution in [-0.4, -0.2) is 22.6 Å². The number of aryl methyl sites for hydroxylation is 1. The van der Waals surface area contributed by atoms with E-state index >= 15 is 0 Å². The van der Waals surface area contributed by atoms with E-state index in [9.17, 15) is 4.79 Å². The summed E-state index contributed by atoms with van der Waals surface area (Å²) in [7, 11) is 0. The van der Waals surface area contributed by atoms with Crippen molar-refractivity contribution in [1.82, 2.24) is 9.88 Å². The lowest BCUT2D eigenvalue weighted by molar-refractivity contribution is 0.0882. The van der Waals surface area contributed by atoms with Crippen molar-refractivity contribution < 1.29 is 4.79 Å². The maximum absolute atomic E-state index is 12.8. The molecule has 0 saturated carbocycles. The van der Waals surface area contributed by atoms with Crippen molar-refractivity contribution in [3.63, 3.8) is 0 Å². The lowest BCUT2D eigenvalue weighted by Gasteiger charge is -2.33. The summed E-state index contributed by atoms with van der Waals surface area (Å²) in [6.45, 7) is 11.4. The normalized spacial score (nSPS) is 13.8. The van der Waals surface area contributed by atoms with Crippen LogP contribution in [-0.2, 0) is 6.54 Å². The average Bonchev–Trinajstić information content (AvgIpc) is 2.83. The molecule has 0 spiro atoms. The van der Waals surface area contributed by atoms with Gasteiger partial charge in [0, 0.05) is 24.5 Å². The molecule has 0 bridgehead atoms. The first-order chi connectivity index (χ1) is 11.3. The molecule has 130 valence electrons. The summed E-state index contributed by atoms with van der Waals surface area (Å²) in [5, 5.41) is 3.13. The first-order valence-corrected chi connectivity index (χ1v) is 8.51. The molecule has 3 N–H and O–H groups in total. The van der Waals surface area contributed by atoms with E-state index in [1.165, 1.54) is 5.56 Å². The molecule has 0 saturated heterocycles. The minimum atomic E-state index is -0.404. The van der Waals surface area contributed by atoms with E-state index in [0.29, 0.717) is 6.54 Å². The highest BCUT2D eigenvalue weighted by molar-refractivity contribution is 5.96. The number of nitrogens with one attached hydrogen (secondary N) is 1. The van der Waals surface area contributed by atoms with Crippen LogP contribution in [0.4, 0.5) is 0 Å². The molecule has 0 aliphatic carbocycles. The molecule has 1 unspecified atom stereocenters. The van der Waals surface area contributed by atoms with E-state index < -0.39 is 5.54 Å². The van der Waals surface area contributed by atoms with Gasteiger partial charge in [0.05, 0.1) is 11.1 Å². The first-order valence-electron chi connectivity index (χ1n) is 8.51. The maximum atomic E-state index is 12.8. The van der Waals surface area contributed by atoms with Gasteiger partial charge >= 0.3 is 0 Å². The van der Waals surface area contributed by atoms with Crippen molar-refractivity contribution in [3.05, 3.63) is 58.9 Å². The minimum Gasteiger partial charge on any atom is -0.345 e. The van der Waals surface area contributed by atoms with E-state index in [4.69, 9.17) is 5.73 Å². The largest absolute Gasteiger partial charge is 0.345 e. The fourth-order valence-corrected chi connectivity index (χ4v) is 2.80. The quantitative estimate of drug-likeness (QED) is 0.855. The highest BCUT2D eigenvalue weighted by Gasteiger charge is 2.30. The number of carbonyl (C=O) groups excluding carboxylic acids is 1. The van der Waals surface area contributed by atoms with Gasteiger partial charge in [-0.15, -0.1) is 0 Å². The van der Waals surface area contributed by atoms with Gasteiger partial charge in [0.1, 0.15) is 0 Å². The van der Waals surface area contributed by atoms with Gasteiger partial charge in [-0.1, -0.05) is 44.2 Å². The second kappa shape index (κ2) is 7.22. The Labute approximate surface area is 145 Å². The number of rotatable bonds is 6. The molecule has 0 aliphatic heterocycles. The van der Waals surface area contributed by atoms with E-state index in [1.54, 1.807) is 0 Å². The summed E-state index contributed by atoms with van der Waals surface area (Å²) in [6, 6.07) is 12.2. The molecule has 1 aromatic heterocycles. The third kappa shape index (κ3) is 3.70. The van der Waals surface area contributed by atoms with Crippen LogP contribution < -0.4 is 11.1 Å². The van der Waals surface area contributed by atoms with Crippen molar-refractivity contribution in [2.75, 3.05) is 6.54 Å². The zero-order valence-electron chi connectivity index (χ0n) is 15.4. The molecule has 1 amide bonds. The topological polar surface area (TPSA) is 60.1 Å². The van der Waals surface area contributed by atoms with Gasteiger partial charge in [-0.3, -0.25) is 4.79 Å². The van der Waals surface area contributed by atoms with Gasteiger partial charge in [0.25, 0.3) is 5.91 Å². The molecule has 1 aromatic carbocycles. The van der Waals surface area contributed by atoms with Gasteiger partial charge in [0.15, 0.2) is 0 Å². The Kier molecular flexibility index (Phi) is 5.50. The summed E-state index contributed by atoms with van der Waals surface area (Å²) in [4.78, 5) is 12.8. The summed E-state index contributed by atoms with van der Waals surface area (Å²) >= 11 is 0. The van der Waals surface area contributed by atoms with Crippen LogP contribution in [0.25, 0.3) is 0 Å². The summed E-state index contributed by atoms with van der Waals surface area (Å²) in [5.74, 6) is 0.211. The van der Waals surface area contributed by atoms with E-state index in [-0.39, 0.29) is 11.8 Å². The van der Waals surface area contributed by atoms with E-state index in [1.807, 2.05) is 45.0 Å². The highest BCUT2D eigenvalue weighted by atomic mass is 16.1. The second-order valence-electron chi connectivity index (χ2n) is 7.09. The van der Waals surface area contributed by atoms with Crippen molar-refractivity contribution in [2.24, 2.45) is 11.7 Å². The van der Waals surface area contributed by atoms with Crippen LogP contribution in [0, 0.1) is 19.8 Å². The lowest BCUT2D eigenvalue weighted by atomic mass is 9.88. The van der Waals surface area contributed by atoms with Crippen LogP contribution in [0.15, 0.2) is 36.4 Å². The second-order valence-corrected chi connectivity index (χ2v) is 7.09. The number of nitrogens with zero attached hydrogens (tertiary/aromatic N) is 1. The smallest absolute Gasteiger partial charge is 0.253 e. The molecular weight excluding hydrogens is 298 g/mol. The van der Waals surface area contributed by atoms with Gasteiger partial charge in [-0.2, -0.15) is 0 Å². The number of hydrogen-bond donors (Lipinski definition) is 2. The Balaban J connectivity index is 2.26. The van der Waals surface area contributed by atoms with Gasteiger partial charge in [-0.25, -0.2) is 0 Å². The van der Waals surface area contributed by atoms with Crippen molar-refractivity contribution in [1.29, 1.82) is 0 Å². The molecule has 2 rings (SSSR count). The van der Waals surface area contributed by atoms with Crippen LogP contribution in [0.3, 0.4) is 0 Å². The molecule has 4 heteroatoms. The van der Waals surface area contributed by atoms with Crippen LogP contribution >= 0.6 is 0 Å². The predicted octanol–water partition coefficient (Wildman–Crippen LogP) is 3.26. The Hall–Kier alpha value is -2.07. The summed E-state index contributed by atoms with van der Waals surface area (Å²) in [6.07, 6.45) is 0. The Morgan fingerprint density at radius 2 is 1.88 bits per heavy atom. The molecule has 1 atom stereocenters. The average molecular weight is 327 g/mol. The van der Waals surface area contributed by atoms with Crippen molar-refractivity contribution in [2.45, 2.75) is 46.7 Å². The fraction of sp³-hybridized carbons (Fsp3) is 0.450. The van der Waals surface area contributed by atoms with Crippen LogP contribution in [0.1, 0.15) is 48.1 Å². The van der Waals surface area contributed by atoms with Crippen molar-refractivity contribution >= 4 is 5.91 Å². The Morgan fingerprint density at radius 1 is 1.25 bits per heavy atom. The highest BCUT2D eigenvalue weighted by Crippen LogP contribution is 2.20. The lowest BCUT2D eigenvalue weighted by Crippen LogP contribution is -2.55. The van der Waals surface area contributed by atoms with Gasteiger partial charge < -0.3 is 15.6 Å². The molecule has 0 fully saturated rings. The predicted molar refractivity (Wildman–Crippen MR) is 99.2 cm³/mol. The van der Waals surface area contributed by atoms with E-state index in [2.05, 4.69) is 35.9 Å². The standard InChI is InChI=1S/C20H29N3O/c1-14(2)20(5,13-21)22-19(24)18-11-15(3)23(16(18)4)12-17-9-7-6-8-10-17/h6-11,14H,12-13,21H2,1-5H3,(H,22,24). The number of hydrogen-bond acceptors (Lipinski definition) is 2. The van der Waals surface area contributed by atoms with E-state index in [0.717, 1.165) is 23.5 Å². The minimum absolute atomic E-state index is 0.0518. The SMILES string of the molecule is Cc1cc(C(=O)NC(C)(CN)C(C)C)c(C)n1Cc1ccccc1. The zero-order chi connectivity index (χ0) is 17.9. The third-order valence-electron chi connectivity index (χ3n) is 5.10. The van der Waals surface area contributed by atoms with Crippen LogP contribution in [0.5, 0.6) is 0 Å². The van der Waals surface area contributed by atoms with Gasteiger partial charge in [0.2, 0.25) is 0 Å². The molecule has 2 aromatic rings. The van der Waals surface area contributed by atoms with Gasteiger partial charge in [-0.05, 0) is 38.3 Å². The zero-order valence-corrected chi connectivity index (χ0v) is 15.4. The first kappa shape index (κ1) is 18.3. The van der Waals surface area contributed by atoms with Crippen molar-refractivity contribution in [3.8, 4) is 0 Å². The summed E-state index contributed by atoms with van der Waals surface area (Å²) in [5.41, 5.74) is 9.50. The van der Waals surface area contributed by atoms with Crippen LogP contribution in [0.2, 0.25) is 0 Å². The molecule has 24 heavy (non-hydrogen) atoms. The summed E-state index contributed by atoms with van der Waals surface area (Å²) < 4.78 is 2.18. The third-order valence-corrected chi connectivity index (χ3v) is 5.10. The molecule has 0 radical (unpaired) electrons.